The molecule has 0 radical (unpaired) electrons. The molecule has 3 unspecified atom stereocenters. The van der Waals surface area contributed by atoms with Gasteiger partial charge in [0.15, 0.2) is 0 Å². The smallest absolute Gasteiger partial charge is 0.324 e. The fourth-order valence-corrected chi connectivity index (χ4v) is 2.28. The molecule has 0 aliphatic carbocycles. The number of aliphatic hydroxyl groups excluding tert-OH is 1. The predicted octanol–water partition coefficient (Wildman–Crippen LogP) is -0.0511. The van der Waals surface area contributed by atoms with E-state index in [4.69, 9.17) is 4.74 Å². The van der Waals surface area contributed by atoms with E-state index in [-0.39, 0.29) is 18.1 Å². The predicted molar refractivity (Wildman–Crippen MR) is 64.9 cm³/mol. The minimum atomic E-state index is -0.465. The van der Waals surface area contributed by atoms with E-state index < -0.39 is 6.10 Å². The number of imidazole rings is 1. The summed E-state index contributed by atoms with van der Waals surface area (Å²) in [5, 5.41) is 9.51. The van der Waals surface area contributed by atoms with Crippen LogP contribution in [0.3, 0.4) is 0 Å². The Labute approximate surface area is 106 Å². The molecule has 1 aliphatic rings. The zero-order valence-electron chi connectivity index (χ0n) is 10.7. The Morgan fingerprint density at radius 1 is 1.72 bits per heavy atom. The molecule has 6 nitrogen and oxygen atoms in total. The SMILES string of the molecule is CC(O)CN1CC(C)OC(=O)C1Cc1cnc[nH]1. The molecule has 1 saturated heterocycles. The summed E-state index contributed by atoms with van der Waals surface area (Å²) in [6, 6.07) is -0.351. The van der Waals surface area contributed by atoms with E-state index in [9.17, 15) is 9.90 Å². The summed E-state index contributed by atoms with van der Waals surface area (Å²) in [6.07, 6.45) is 3.22. The number of carbonyl (C=O) groups is 1. The Morgan fingerprint density at radius 2 is 2.50 bits per heavy atom. The van der Waals surface area contributed by atoms with Crippen molar-refractivity contribution in [3.8, 4) is 0 Å². The second-order valence-electron chi connectivity index (χ2n) is 4.85. The van der Waals surface area contributed by atoms with Crippen LogP contribution < -0.4 is 0 Å². The van der Waals surface area contributed by atoms with Crippen LogP contribution in [0.5, 0.6) is 0 Å². The van der Waals surface area contributed by atoms with Crippen LogP contribution in [-0.2, 0) is 16.0 Å². The van der Waals surface area contributed by atoms with Crippen molar-refractivity contribution >= 4 is 5.97 Å². The standard InChI is InChI=1S/C12H19N3O3/c1-8(16)5-15-6-9(2)18-12(17)11(15)3-10-4-13-7-14-10/h4,7-9,11,16H,3,5-6H2,1-2H3,(H,13,14). The monoisotopic (exact) mass is 253 g/mol. The van der Waals surface area contributed by atoms with Gasteiger partial charge in [0.1, 0.15) is 12.1 Å². The molecule has 6 heteroatoms. The lowest BCUT2D eigenvalue weighted by molar-refractivity contribution is -0.165. The lowest BCUT2D eigenvalue weighted by atomic mass is 10.1. The van der Waals surface area contributed by atoms with Crippen molar-refractivity contribution in [2.24, 2.45) is 0 Å². The van der Waals surface area contributed by atoms with Crippen LogP contribution in [0.25, 0.3) is 0 Å². The highest BCUT2D eigenvalue weighted by Crippen LogP contribution is 2.17. The molecule has 2 rings (SSSR count). The molecule has 1 aromatic rings. The molecule has 0 amide bonds. The third kappa shape index (κ3) is 3.08. The second kappa shape index (κ2) is 5.49. The maximum absolute atomic E-state index is 11.9. The quantitative estimate of drug-likeness (QED) is 0.736. The Bertz CT molecular complexity index is 389. The van der Waals surface area contributed by atoms with Crippen molar-refractivity contribution in [1.29, 1.82) is 0 Å². The average molecular weight is 253 g/mol. The number of hydrogen-bond acceptors (Lipinski definition) is 5. The third-order valence-electron chi connectivity index (χ3n) is 2.99. The number of hydrogen-bond donors (Lipinski definition) is 2. The Hall–Kier alpha value is -1.40. The van der Waals surface area contributed by atoms with Crippen molar-refractivity contribution in [3.63, 3.8) is 0 Å². The summed E-state index contributed by atoms with van der Waals surface area (Å²) in [5.74, 6) is -0.232. The molecule has 1 fully saturated rings. The zero-order chi connectivity index (χ0) is 13.1. The van der Waals surface area contributed by atoms with Crippen molar-refractivity contribution in [1.82, 2.24) is 14.9 Å². The number of nitrogens with one attached hydrogen (secondary N) is 1. The van der Waals surface area contributed by atoms with Crippen LogP contribution in [-0.4, -0.2) is 57.3 Å². The van der Waals surface area contributed by atoms with Gasteiger partial charge in [-0.05, 0) is 13.8 Å². The number of esters is 1. The number of cyclic esters (lactones) is 1. The van der Waals surface area contributed by atoms with Crippen molar-refractivity contribution in [2.75, 3.05) is 13.1 Å². The molecule has 100 valence electrons. The molecular formula is C12H19N3O3. The topological polar surface area (TPSA) is 78.5 Å². The summed E-state index contributed by atoms with van der Waals surface area (Å²) in [5.41, 5.74) is 0.891. The van der Waals surface area contributed by atoms with E-state index in [1.165, 1.54) is 0 Å². The summed E-state index contributed by atoms with van der Waals surface area (Å²) in [4.78, 5) is 20.8. The molecule has 18 heavy (non-hydrogen) atoms. The number of morpholine rings is 1. The molecule has 2 N–H and O–H groups in total. The van der Waals surface area contributed by atoms with Crippen molar-refractivity contribution in [3.05, 3.63) is 18.2 Å². The average Bonchev–Trinajstić information content (AvgIpc) is 2.74. The van der Waals surface area contributed by atoms with Crippen LogP contribution in [0.2, 0.25) is 0 Å². The van der Waals surface area contributed by atoms with E-state index in [1.807, 2.05) is 11.8 Å². The molecule has 0 spiro atoms. The molecule has 2 heterocycles. The van der Waals surface area contributed by atoms with Gasteiger partial charge in [-0.2, -0.15) is 0 Å². The Balaban J connectivity index is 2.09. The molecule has 0 bridgehead atoms. The maximum Gasteiger partial charge on any atom is 0.324 e. The number of ether oxygens (including phenoxy) is 1. The molecule has 1 aliphatic heterocycles. The Morgan fingerprint density at radius 3 is 3.11 bits per heavy atom. The fourth-order valence-electron chi connectivity index (χ4n) is 2.28. The number of nitrogens with zero attached hydrogens (tertiary/aromatic N) is 2. The lowest BCUT2D eigenvalue weighted by Gasteiger charge is -2.37. The first-order valence-electron chi connectivity index (χ1n) is 6.16. The van der Waals surface area contributed by atoms with E-state index in [1.54, 1.807) is 19.4 Å². The van der Waals surface area contributed by atoms with E-state index in [0.29, 0.717) is 19.5 Å². The first-order chi connectivity index (χ1) is 8.56. The van der Waals surface area contributed by atoms with Crippen LogP contribution in [0.4, 0.5) is 0 Å². The van der Waals surface area contributed by atoms with Crippen LogP contribution in [0, 0.1) is 0 Å². The summed E-state index contributed by atoms with van der Waals surface area (Å²) in [7, 11) is 0. The van der Waals surface area contributed by atoms with E-state index in [0.717, 1.165) is 5.69 Å². The van der Waals surface area contributed by atoms with Gasteiger partial charge in [0.25, 0.3) is 0 Å². The van der Waals surface area contributed by atoms with Gasteiger partial charge in [-0.1, -0.05) is 0 Å². The highest BCUT2D eigenvalue weighted by atomic mass is 16.5. The van der Waals surface area contributed by atoms with Crippen LogP contribution in [0.15, 0.2) is 12.5 Å². The molecule has 1 aromatic heterocycles. The normalized spacial score (nSPS) is 26.9. The van der Waals surface area contributed by atoms with Crippen molar-refractivity contribution in [2.45, 2.75) is 38.5 Å². The van der Waals surface area contributed by atoms with Gasteiger partial charge >= 0.3 is 5.97 Å². The third-order valence-corrected chi connectivity index (χ3v) is 2.99. The largest absolute Gasteiger partial charge is 0.460 e. The highest BCUT2D eigenvalue weighted by molar-refractivity contribution is 5.77. The number of carbonyl (C=O) groups excluding carboxylic acids is 1. The zero-order valence-corrected chi connectivity index (χ0v) is 10.7. The van der Waals surface area contributed by atoms with Crippen LogP contribution >= 0.6 is 0 Å². The van der Waals surface area contributed by atoms with Gasteiger partial charge in [0, 0.05) is 31.4 Å². The minimum Gasteiger partial charge on any atom is -0.460 e. The lowest BCUT2D eigenvalue weighted by Crippen LogP contribution is -2.54. The van der Waals surface area contributed by atoms with Crippen LogP contribution in [0.1, 0.15) is 19.5 Å². The number of β-amino-alcohol motifs (C(OH)–C–C–N with tert-alkyl or cyclic N) is 1. The van der Waals surface area contributed by atoms with Gasteiger partial charge in [-0.25, -0.2) is 4.98 Å². The second-order valence-corrected chi connectivity index (χ2v) is 4.85. The number of aromatic nitrogens is 2. The Kier molecular flexibility index (Phi) is 3.98. The molecule has 0 saturated carbocycles. The molecule has 0 aromatic carbocycles. The summed E-state index contributed by atoms with van der Waals surface area (Å²) < 4.78 is 5.26. The van der Waals surface area contributed by atoms with E-state index in [2.05, 4.69) is 9.97 Å². The van der Waals surface area contributed by atoms with Gasteiger partial charge in [0.2, 0.25) is 0 Å². The van der Waals surface area contributed by atoms with E-state index >= 15 is 0 Å². The maximum atomic E-state index is 11.9. The summed E-state index contributed by atoms with van der Waals surface area (Å²) >= 11 is 0. The first kappa shape index (κ1) is 13.0. The highest BCUT2D eigenvalue weighted by Gasteiger charge is 2.35. The first-order valence-corrected chi connectivity index (χ1v) is 6.16. The van der Waals surface area contributed by atoms with Gasteiger partial charge in [0.05, 0.1) is 12.4 Å². The number of rotatable bonds is 4. The van der Waals surface area contributed by atoms with Gasteiger partial charge < -0.3 is 14.8 Å². The molecule has 3 atom stereocenters. The van der Waals surface area contributed by atoms with Gasteiger partial charge in [-0.3, -0.25) is 9.69 Å². The minimum absolute atomic E-state index is 0.130. The number of aliphatic hydroxyl groups is 1. The number of H-pyrrole nitrogens is 1. The number of aromatic amines is 1. The van der Waals surface area contributed by atoms with Crippen molar-refractivity contribution < 1.29 is 14.6 Å². The van der Waals surface area contributed by atoms with Gasteiger partial charge in [-0.15, -0.1) is 0 Å². The molecular weight excluding hydrogens is 234 g/mol. The summed E-state index contributed by atoms with van der Waals surface area (Å²) in [6.45, 7) is 4.70. The fraction of sp³-hybridized carbons (Fsp3) is 0.667.